The number of nitrogens with zero attached hydrogens (tertiary/aromatic N) is 2. The topological polar surface area (TPSA) is 94.9 Å². The number of rotatable bonds is 6. The second-order valence-corrected chi connectivity index (χ2v) is 10.9. The molecule has 2 aromatic carbocycles. The molecule has 0 radical (unpaired) electrons. The summed E-state index contributed by atoms with van der Waals surface area (Å²) in [6.07, 6.45) is -4.81. The largest absolute Gasteiger partial charge is 0.496 e. The molecule has 3 heterocycles. The van der Waals surface area contributed by atoms with Crippen LogP contribution < -0.4 is 14.5 Å². The molecule has 5 rings (SSSR count). The number of esters is 1. The zero-order chi connectivity index (χ0) is 28.1. The van der Waals surface area contributed by atoms with Gasteiger partial charge in [-0.1, -0.05) is 53.4 Å². The number of imide groups is 1. The lowest BCUT2D eigenvalue weighted by molar-refractivity contribution is -0.144. The van der Waals surface area contributed by atoms with Crippen molar-refractivity contribution in [2.24, 2.45) is 5.92 Å². The number of anilines is 1. The minimum Gasteiger partial charge on any atom is -0.496 e. The third-order valence-corrected chi connectivity index (χ3v) is 9.17. The summed E-state index contributed by atoms with van der Waals surface area (Å²) in [6, 6.07) is 11.2. The van der Waals surface area contributed by atoms with E-state index < -0.39 is 63.7 Å². The van der Waals surface area contributed by atoms with E-state index in [-0.39, 0.29) is 6.61 Å². The maximum atomic E-state index is 13.9. The molecule has 3 atom stereocenters. The Labute approximate surface area is 228 Å². The molecule has 2 aliphatic heterocycles. The van der Waals surface area contributed by atoms with Gasteiger partial charge in [0.15, 0.2) is 0 Å². The second-order valence-electron chi connectivity index (χ2n) is 8.74. The van der Waals surface area contributed by atoms with Crippen LogP contribution in [-0.2, 0) is 31.8 Å². The zero-order valence-corrected chi connectivity index (χ0v) is 22.2. The number of hydrogen-bond acceptors (Lipinski definition) is 8. The average Bonchev–Trinajstić information content (AvgIpc) is 3.34. The van der Waals surface area contributed by atoms with Crippen LogP contribution in [0.5, 0.6) is 5.75 Å². The second kappa shape index (κ2) is 10.2. The summed E-state index contributed by atoms with van der Waals surface area (Å²) in [6.45, 7) is 1.31. The fourth-order valence-electron chi connectivity index (χ4n) is 5.00. The Hall–Kier alpha value is -3.58. The van der Waals surface area contributed by atoms with E-state index in [1.165, 1.54) is 23.8 Å². The van der Waals surface area contributed by atoms with E-state index in [1.54, 1.807) is 31.2 Å². The van der Waals surface area contributed by atoms with Gasteiger partial charge in [-0.3, -0.25) is 23.7 Å². The Balaban J connectivity index is 1.69. The summed E-state index contributed by atoms with van der Waals surface area (Å²) in [4.78, 5) is 53.5. The maximum absolute atomic E-state index is 13.9. The molecule has 8 nitrogen and oxygen atoms in total. The molecule has 2 amide bonds. The number of thioether (sulfide) groups is 1. The fraction of sp³-hybridized carbons (Fsp3) is 0.308. The van der Waals surface area contributed by atoms with E-state index in [9.17, 15) is 32.3 Å². The monoisotopic (exact) mass is 578 g/mol. The van der Waals surface area contributed by atoms with E-state index in [0.717, 1.165) is 35.2 Å². The predicted octanol–water partition coefficient (Wildman–Crippen LogP) is 4.30. The number of para-hydroxylation sites is 2. The van der Waals surface area contributed by atoms with Crippen LogP contribution in [0, 0.1) is 5.92 Å². The van der Waals surface area contributed by atoms with Gasteiger partial charge in [0.05, 0.1) is 35.9 Å². The molecule has 1 aromatic heterocycles. The molecule has 0 unspecified atom stereocenters. The van der Waals surface area contributed by atoms with Crippen molar-refractivity contribution in [2.45, 2.75) is 35.8 Å². The van der Waals surface area contributed by atoms with Crippen LogP contribution in [0.25, 0.3) is 0 Å². The van der Waals surface area contributed by atoms with Crippen molar-refractivity contribution in [1.82, 2.24) is 4.57 Å². The summed E-state index contributed by atoms with van der Waals surface area (Å²) in [7, 11) is 1.43. The standard InChI is InChI=1S/C26H21F3N2O6S2/c1-3-37-17(32)12-30-24-21(39-25(30)35)18(13-8-4-7-11-16(13)36-2)19-20(38-24)23(34)31(22(19)33)15-10-6-5-9-14(15)26(27,28)29/h4-11,18-20H,3,12H2,1-2H3/t18-,19-,20+/m0/s1. The lowest BCUT2D eigenvalue weighted by atomic mass is 9.82. The van der Waals surface area contributed by atoms with Crippen LogP contribution in [0.2, 0.25) is 0 Å². The molecule has 13 heteroatoms. The Bertz CT molecular complexity index is 1530. The molecule has 0 saturated carbocycles. The minimum absolute atomic E-state index is 0.0994. The van der Waals surface area contributed by atoms with Crippen LogP contribution in [0.1, 0.15) is 28.8 Å². The molecule has 0 aliphatic carbocycles. The predicted molar refractivity (Wildman–Crippen MR) is 137 cm³/mol. The van der Waals surface area contributed by atoms with Crippen molar-refractivity contribution in [1.29, 1.82) is 0 Å². The number of hydrogen-bond donors (Lipinski definition) is 0. The highest BCUT2D eigenvalue weighted by atomic mass is 32.2. The number of ether oxygens (including phenoxy) is 2. The first kappa shape index (κ1) is 27.0. The summed E-state index contributed by atoms with van der Waals surface area (Å²) >= 11 is 1.72. The van der Waals surface area contributed by atoms with E-state index >= 15 is 0 Å². The van der Waals surface area contributed by atoms with E-state index in [4.69, 9.17) is 9.47 Å². The van der Waals surface area contributed by atoms with Gasteiger partial charge in [0.25, 0.3) is 0 Å². The molecule has 204 valence electrons. The van der Waals surface area contributed by atoms with Crippen LogP contribution >= 0.6 is 23.1 Å². The third kappa shape index (κ3) is 4.52. The molecule has 1 saturated heterocycles. The maximum Gasteiger partial charge on any atom is 0.418 e. The molecular formula is C26H21F3N2O6S2. The van der Waals surface area contributed by atoms with Gasteiger partial charge >= 0.3 is 17.0 Å². The van der Waals surface area contributed by atoms with Crippen molar-refractivity contribution >= 4 is 46.6 Å². The Kier molecular flexibility index (Phi) is 7.06. The van der Waals surface area contributed by atoms with Gasteiger partial charge in [-0.15, -0.1) is 0 Å². The number of alkyl halides is 3. The van der Waals surface area contributed by atoms with Crippen LogP contribution in [0.15, 0.2) is 58.4 Å². The first-order valence-corrected chi connectivity index (χ1v) is 13.5. The third-order valence-electron chi connectivity index (χ3n) is 6.57. The van der Waals surface area contributed by atoms with Gasteiger partial charge in [0.1, 0.15) is 17.5 Å². The first-order chi connectivity index (χ1) is 18.6. The number of carbonyl (C=O) groups excluding carboxylic acids is 3. The summed E-state index contributed by atoms with van der Waals surface area (Å²) < 4.78 is 53.3. The number of halogens is 3. The highest BCUT2D eigenvalue weighted by molar-refractivity contribution is 8.00. The van der Waals surface area contributed by atoms with E-state index in [0.29, 0.717) is 26.1 Å². The average molecular weight is 579 g/mol. The molecule has 3 aromatic rings. The normalized spacial score (nSPS) is 20.5. The van der Waals surface area contributed by atoms with Gasteiger partial charge in [0.2, 0.25) is 11.8 Å². The molecule has 2 aliphatic rings. The van der Waals surface area contributed by atoms with Gasteiger partial charge in [0, 0.05) is 16.4 Å². The SMILES string of the molecule is CCOC(=O)Cn1c2c(sc1=O)[C@@H](c1ccccc1OC)[C@@H]1C(=O)N(c3ccccc3C(F)(F)F)C(=O)[C@@H]1S2. The van der Waals surface area contributed by atoms with Gasteiger partial charge in [-0.25, -0.2) is 4.90 Å². The number of benzene rings is 2. The Morgan fingerprint density at radius 2 is 1.72 bits per heavy atom. The van der Waals surface area contributed by atoms with Crippen LogP contribution in [-0.4, -0.2) is 41.3 Å². The minimum atomic E-state index is -4.81. The lowest BCUT2D eigenvalue weighted by Crippen LogP contribution is -2.33. The number of carbonyl (C=O) groups is 3. The van der Waals surface area contributed by atoms with Gasteiger partial charge in [-0.2, -0.15) is 13.2 Å². The summed E-state index contributed by atoms with van der Waals surface area (Å²) in [5, 5.41) is -0.856. The van der Waals surface area contributed by atoms with Crippen LogP contribution in [0.4, 0.5) is 18.9 Å². The summed E-state index contributed by atoms with van der Waals surface area (Å²) in [5.74, 6) is -3.94. The van der Waals surface area contributed by atoms with Crippen molar-refractivity contribution < 1.29 is 37.0 Å². The smallest absolute Gasteiger partial charge is 0.418 e. The Morgan fingerprint density at radius 1 is 1.03 bits per heavy atom. The molecule has 0 bridgehead atoms. The number of amides is 2. The van der Waals surface area contributed by atoms with Gasteiger partial charge in [-0.05, 0) is 25.1 Å². The fourth-order valence-corrected chi connectivity index (χ4v) is 7.76. The quantitative estimate of drug-likeness (QED) is 0.318. The first-order valence-electron chi connectivity index (χ1n) is 11.8. The highest BCUT2D eigenvalue weighted by Gasteiger charge is 2.58. The van der Waals surface area contributed by atoms with Crippen molar-refractivity contribution in [3.05, 3.63) is 74.2 Å². The van der Waals surface area contributed by atoms with Crippen molar-refractivity contribution in [2.75, 3.05) is 18.6 Å². The molecule has 39 heavy (non-hydrogen) atoms. The van der Waals surface area contributed by atoms with Gasteiger partial charge < -0.3 is 9.47 Å². The lowest BCUT2D eigenvalue weighted by Gasteiger charge is -2.31. The van der Waals surface area contributed by atoms with Crippen molar-refractivity contribution in [3.8, 4) is 5.75 Å². The molecule has 0 spiro atoms. The van der Waals surface area contributed by atoms with Crippen LogP contribution in [0.3, 0.4) is 0 Å². The zero-order valence-electron chi connectivity index (χ0n) is 20.6. The molecule has 0 N–H and O–H groups in total. The number of aromatic nitrogens is 1. The Morgan fingerprint density at radius 3 is 2.41 bits per heavy atom. The number of thiazole rings is 1. The highest BCUT2D eigenvalue weighted by Crippen LogP contribution is 2.55. The van der Waals surface area contributed by atoms with E-state index in [1.807, 2.05) is 0 Å². The molecular weight excluding hydrogens is 557 g/mol. The number of fused-ring (bicyclic) bond motifs is 2. The molecule has 1 fully saturated rings. The van der Waals surface area contributed by atoms with E-state index in [2.05, 4.69) is 0 Å². The van der Waals surface area contributed by atoms with Crippen molar-refractivity contribution in [3.63, 3.8) is 0 Å². The summed E-state index contributed by atoms with van der Waals surface area (Å²) in [5.41, 5.74) is -1.17. The number of methoxy groups -OCH3 is 1.